The van der Waals surface area contributed by atoms with Crippen LogP contribution in [-0.2, 0) is 11.8 Å². The molecule has 0 aliphatic heterocycles. The molecule has 0 nitrogen and oxygen atoms in total. The van der Waals surface area contributed by atoms with Crippen molar-refractivity contribution in [3.05, 3.63) is 35.4 Å². The van der Waals surface area contributed by atoms with Gasteiger partial charge in [0.25, 0.3) is 0 Å². The molecule has 0 amide bonds. The highest BCUT2D eigenvalue weighted by Crippen LogP contribution is 2.22. The molecule has 0 spiro atoms. The van der Waals surface area contributed by atoms with Crippen molar-refractivity contribution in [1.29, 1.82) is 0 Å². The zero-order chi connectivity index (χ0) is 9.90. The number of aryl methyl sites for hydroxylation is 1. The summed E-state index contributed by atoms with van der Waals surface area (Å²) in [6.07, 6.45) is 1.26. The van der Waals surface area contributed by atoms with Gasteiger partial charge in [-0.3, -0.25) is 0 Å². The predicted molar refractivity (Wildman–Crippen MR) is 63.6 cm³/mol. The van der Waals surface area contributed by atoms with Gasteiger partial charge in [-0.05, 0) is 23.0 Å². The van der Waals surface area contributed by atoms with E-state index in [1.54, 1.807) is 0 Å². The van der Waals surface area contributed by atoms with Crippen molar-refractivity contribution in [2.24, 2.45) is 0 Å². The van der Waals surface area contributed by atoms with Crippen LogP contribution in [0.5, 0.6) is 0 Å². The molecule has 0 aromatic heterocycles. The Morgan fingerprint density at radius 3 is 2.00 bits per heavy atom. The average molecular weight is 192 g/mol. The van der Waals surface area contributed by atoms with Crippen LogP contribution in [0.25, 0.3) is 0 Å². The van der Waals surface area contributed by atoms with Crippen molar-refractivity contribution in [2.75, 3.05) is 0 Å². The van der Waals surface area contributed by atoms with Crippen LogP contribution >= 0.6 is 0 Å². The maximum absolute atomic E-state index is 2.28. The van der Waals surface area contributed by atoms with Gasteiger partial charge in [-0.15, -0.1) is 0 Å². The fraction of sp³-hybridized carbons (Fsp3) is 0.500. The van der Waals surface area contributed by atoms with Crippen molar-refractivity contribution >= 4 is 10.2 Å². The van der Waals surface area contributed by atoms with Crippen LogP contribution < -0.4 is 0 Å². The average Bonchev–Trinajstić information content (AvgIpc) is 2.04. The third-order valence-corrected chi connectivity index (χ3v) is 2.86. The van der Waals surface area contributed by atoms with Crippen molar-refractivity contribution in [1.82, 2.24) is 0 Å². The summed E-state index contributed by atoms with van der Waals surface area (Å²) in [5.41, 5.74) is 3.21. The van der Waals surface area contributed by atoms with E-state index in [0.717, 1.165) is 0 Å². The largest absolute Gasteiger partial charge is 0.0619 e. The molecule has 0 aliphatic carbocycles. The van der Waals surface area contributed by atoms with Crippen molar-refractivity contribution in [3.8, 4) is 0 Å². The second kappa shape index (κ2) is 4.10. The third-order valence-electron chi connectivity index (χ3n) is 2.36. The molecule has 0 heterocycles. The van der Waals surface area contributed by atoms with Gasteiger partial charge in [0, 0.05) is 10.2 Å². The minimum atomic E-state index is 0.291. The summed E-state index contributed by atoms with van der Waals surface area (Å²) in [5, 5.41) is 0. The molecule has 0 N–H and O–H groups in total. The van der Waals surface area contributed by atoms with Crippen LogP contribution in [0, 0.1) is 0 Å². The summed E-state index contributed by atoms with van der Waals surface area (Å²) >= 11 is 0. The molecule has 0 aliphatic rings. The molecule has 0 fully saturated rings. The number of hydrogen-bond acceptors (Lipinski definition) is 0. The maximum Gasteiger partial charge on any atom is 0.00321 e. The summed E-state index contributed by atoms with van der Waals surface area (Å²) in [7, 11) is 1.31. The second-order valence-electron chi connectivity index (χ2n) is 4.70. The Hall–Kier alpha value is -0.563. The lowest BCUT2D eigenvalue weighted by Crippen LogP contribution is -2.10. The van der Waals surface area contributed by atoms with Crippen molar-refractivity contribution in [3.63, 3.8) is 0 Å². The molecule has 13 heavy (non-hydrogen) atoms. The topological polar surface area (TPSA) is 0 Å². The molecule has 1 rings (SSSR count). The minimum Gasteiger partial charge on any atom is -0.0619 e. The lowest BCUT2D eigenvalue weighted by atomic mass is 9.86. The molecule has 0 saturated heterocycles. The monoisotopic (exact) mass is 192 g/mol. The predicted octanol–water partition coefficient (Wildman–Crippen LogP) is 2.31. The summed E-state index contributed by atoms with van der Waals surface area (Å²) in [6.45, 7) is 6.78. The van der Waals surface area contributed by atoms with Gasteiger partial charge >= 0.3 is 0 Å². The molecule has 0 atom stereocenters. The highest BCUT2D eigenvalue weighted by molar-refractivity contribution is 6.08. The molecule has 1 aromatic carbocycles. The van der Waals surface area contributed by atoms with Gasteiger partial charge in [0.1, 0.15) is 0 Å². The fourth-order valence-corrected chi connectivity index (χ4v) is 2.04. The fourth-order valence-electron chi connectivity index (χ4n) is 1.46. The van der Waals surface area contributed by atoms with E-state index in [0.29, 0.717) is 5.41 Å². The van der Waals surface area contributed by atoms with Gasteiger partial charge in [0.15, 0.2) is 0 Å². The number of hydrogen-bond donors (Lipinski definition) is 0. The van der Waals surface area contributed by atoms with Crippen molar-refractivity contribution < 1.29 is 0 Å². The Morgan fingerprint density at radius 2 is 1.62 bits per heavy atom. The van der Waals surface area contributed by atoms with Crippen molar-refractivity contribution in [2.45, 2.75) is 38.7 Å². The Morgan fingerprint density at radius 1 is 1.08 bits per heavy atom. The molecule has 0 unspecified atom stereocenters. The lowest BCUT2D eigenvalue weighted by Gasteiger charge is -2.19. The Labute approximate surface area is 84.8 Å². The van der Waals surface area contributed by atoms with E-state index in [1.165, 1.54) is 33.8 Å². The molecule has 72 valence electrons. The van der Waals surface area contributed by atoms with Crippen LogP contribution in [0.3, 0.4) is 0 Å². The van der Waals surface area contributed by atoms with E-state index in [1.807, 2.05) is 0 Å². The van der Waals surface area contributed by atoms with E-state index >= 15 is 0 Å². The van der Waals surface area contributed by atoms with Crippen LogP contribution in [0.15, 0.2) is 24.3 Å². The Kier molecular flexibility index (Phi) is 3.31. The second-order valence-corrected chi connectivity index (χ2v) is 5.70. The van der Waals surface area contributed by atoms with Crippen LogP contribution in [0.1, 0.15) is 31.9 Å². The van der Waals surface area contributed by atoms with Gasteiger partial charge in [-0.2, -0.15) is 0 Å². The standard InChI is InChI=1S/C12H20Si/c1-12(2,3)11-6-4-10(5-7-11)8-9-13/h4-7H,8-9H2,1-3,13H3. The maximum atomic E-state index is 2.28. The number of rotatable bonds is 2. The first-order valence-electron chi connectivity index (χ1n) is 5.13. The first-order valence-corrected chi connectivity index (χ1v) is 6.55. The molecular weight excluding hydrogens is 172 g/mol. The van der Waals surface area contributed by atoms with E-state index < -0.39 is 0 Å². The minimum absolute atomic E-state index is 0.291. The van der Waals surface area contributed by atoms with Crippen LogP contribution in [0.4, 0.5) is 0 Å². The lowest BCUT2D eigenvalue weighted by molar-refractivity contribution is 0.590. The summed E-state index contributed by atoms with van der Waals surface area (Å²) in [5.74, 6) is 0. The summed E-state index contributed by atoms with van der Waals surface area (Å²) < 4.78 is 0. The van der Waals surface area contributed by atoms with Gasteiger partial charge in [0.2, 0.25) is 0 Å². The highest BCUT2D eigenvalue weighted by atomic mass is 28.1. The van der Waals surface area contributed by atoms with E-state index in [2.05, 4.69) is 45.0 Å². The normalized spacial score (nSPS) is 11.9. The highest BCUT2D eigenvalue weighted by Gasteiger charge is 2.12. The van der Waals surface area contributed by atoms with Crippen LogP contribution in [-0.4, -0.2) is 10.2 Å². The summed E-state index contributed by atoms with van der Waals surface area (Å²) in [6, 6.07) is 10.5. The Balaban J connectivity index is 2.81. The quantitative estimate of drug-likeness (QED) is 0.631. The third kappa shape index (κ3) is 3.00. The smallest absolute Gasteiger partial charge is 0.00321 e. The van der Waals surface area contributed by atoms with Gasteiger partial charge in [0.05, 0.1) is 0 Å². The number of benzene rings is 1. The summed E-state index contributed by atoms with van der Waals surface area (Å²) in [4.78, 5) is 0. The first kappa shape index (κ1) is 10.5. The van der Waals surface area contributed by atoms with Crippen LogP contribution in [0.2, 0.25) is 6.04 Å². The first-order chi connectivity index (χ1) is 6.04. The molecule has 0 radical (unpaired) electrons. The van der Waals surface area contributed by atoms with E-state index in [9.17, 15) is 0 Å². The molecular formula is C12H20Si. The molecule has 0 saturated carbocycles. The zero-order valence-electron chi connectivity index (χ0n) is 9.22. The molecule has 1 aromatic rings. The SMILES string of the molecule is CC(C)(C)c1ccc(CC[SiH3])cc1. The van der Waals surface area contributed by atoms with Gasteiger partial charge in [-0.25, -0.2) is 0 Å². The van der Waals surface area contributed by atoms with E-state index in [-0.39, 0.29) is 0 Å². The molecule has 0 bridgehead atoms. The molecule has 1 heteroatoms. The van der Waals surface area contributed by atoms with E-state index in [4.69, 9.17) is 0 Å². The Bertz CT molecular complexity index is 253. The van der Waals surface area contributed by atoms with Gasteiger partial charge < -0.3 is 0 Å². The van der Waals surface area contributed by atoms with Gasteiger partial charge in [-0.1, -0.05) is 51.1 Å². The zero-order valence-corrected chi connectivity index (χ0v) is 11.2.